The van der Waals surface area contributed by atoms with Crippen molar-refractivity contribution in [1.82, 2.24) is 0 Å². The summed E-state index contributed by atoms with van der Waals surface area (Å²) in [5.41, 5.74) is 0.696. The van der Waals surface area contributed by atoms with Crippen LogP contribution in [-0.4, -0.2) is 20.4 Å². The van der Waals surface area contributed by atoms with Crippen molar-refractivity contribution in [2.75, 3.05) is 14.2 Å². The lowest BCUT2D eigenvalue weighted by Gasteiger charge is -2.06. The Hall–Kier alpha value is -1.97. The van der Waals surface area contributed by atoms with Gasteiger partial charge in [-0.15, -0.1) is 0 Å². The maximum absolute atomic E-state index is 10.8. The van der Waals surface area contributed by atoms with Crippen molar-refractivity contribution in [1.29, 1.82) is 0 Å². The molecule has 0 aliphatic carbocycles. The molecule has 0 amide bonds. The van der Waals surface area contributed by atoms with Gasteiger partial charge in [-0.05, 0) is 24.3 Å². The lowest BCUT2D eigenvalue weighted by molar-refractivity contribution is 0.112. The summed E-state index contributed by atoms with van der Waals surface area (Å²) < 4.78 is 14.1. The lowest BCUT2D eigenvalue weighted by Crippen LogP contribution is -2.02. The van der Waals surface area contributed by atoms with E-state index in [0.29, 0.717) is 5.56 Å². The molecule has 1 aromatic rings. The summed E-state index contributed by atoms with van der Waals surface area (Å²) in [5.74, 6) is 0.967. The largest absolute Gasteiger partial charge is 0.513 e. The summed E-state index contributed by atoms with van der Waals surface area (Å²) in [6.07, 6.45) is -0.782. The predicted octanol–water partition coefficient (Wildman–Crippen LogP) is 2.45. The van der Waals surface area contributed by atoms with Gasteiger partial charge in [-0.2, -0.15) is 0 Å². The van der Waals surface area contributed by atoms with Crippen LogP contribution in [0.15, 0.2) is 30.8 Å². The highest BCUT2D eigenvalue weighted by molar-refractivity contribution is 5.71. The van der Waals surface area contributed by atoms with E-state index in [0.717, 1.165) is 5.75 Å². The molecule has 4 heteroatoms. The minimum atomic E-state index is -0.782. The zero-order valence-electron chi connectivity index (χ0n) is 8.65. The van der Waals surface area contributed by atoms with E-state index in [1.165, 1.54) is 7.11 Å². The molecule has 0 spiro atoms. The Bertz CT molecular complexity index is 353. The van der Waals surface area contributed by atoms with Crippen molar-refractivity contribution in [2.45, 2.75) is 0 Å². The van der Waals surface area contributed by atoms with E-state index in [-0.39, 0.29) is 5.76 Å². The molecule has 0 bridgehead atoms. The maximum atomic E-state index is 10.8. The Morgan fingerprint density at radius 1 is 1.20 bits per heavy atom. The van der Waals surface area contributed by atoms with Crippen molar-refractivity contribution in [3.63, 3.8) is 0 Å². The molecule has 1 aromatic carbocycles. The minimum Gasteiger partial charge on any atom is -0.497 e. The van der Waals surface area contributed by atoms with E-state index in [4.69, 9.17) is 9.47 Å². The molecule has 0 aromatic heterocycles. The summed E-state index contributed by atoms with van der Waals surface area (Å²) in [4.78, 5) is 10.8. The van der Waals surface area contributed by atoms with Crippen LogP contribution in [0.25, 0.3) is 5.76 Å². The molecule has 0 saturated carbocycles. The standard InChI is InChI=1S/C11H12O4/c1-8(15-11(12)14-3)9-4-6-10(13-2)7-5-9/h4-7H,1H2,2-3H3. The molecule has 0 aliphatic heterocycles. The SMILES string of the molecule is C=C(OC(=O)OC)c1ccc(OC)cc1. The smallest absolute Gasteiger partial charge is 0.497 e. The van der Waals surface area contributed by atoms with Gasteiger partial charge in [0.1, 0.15) is 11.5 Å². The molecule has 0 fully saturated rings. The monoisotopic (exact) mass is 208 g/mol. The maximum Gasteiger partial charge on any atom is 0.513 e. The number of hydrogen-bond donors (Lipinski definition) is 0. The summed E-state index contributed by atoms with van der Waals surface area (Å²) >= 11 is 0. The first kappa shape index (κ1) is 11.1. The van der Waals surface area contributed by atoms with E-state index in [1.54, 1.807) is 31.4 Å². The van der Waals surface area contributed by atoms with Crippen LogP contribution in [0.5, 0.6) is 5.75 Å². The first-order chi connectivity index (χ1) is 7.17. The highest BCUT2D eigenvalue weighted by Gasteiger charge is 2.06. The van der Waals surface area contributed by atoms with Crippen LogP contribution >= 0.6 is 0 Å². The van der Waals surface area contributed by atoms with Crippen LogP contribution in [0.4, 0.5) is 4.79 Å². The van der Waals surface area contributed by atoms with Gasteiger partial charge in [0.25, 0.3) is 0 Å². The molecule has 0 saturated heterocycles. The van der Waals surface area contributed by atoms with Gasteiger partial charge in [0.2, 0.25) is 0 Å². The van der Waals surface area contributed by atoms with E-state index in [1.807, 2.05) is 0 Å². The highest BCUT2D eigenvalue weighted by atomic mass is 16.7. The van der Waals surface area contributed by atoms with Crippen LogP contribution in [-0.2, 0) is 9.47 Å². The number of methoxy groups -OCH3 is 2. The Morgan fingerprint density at radius 2 is 1.80 bits per heavy atom. The number of carbonyl (C=O) groups excluding carboxylic acids is 1. The lowest BCUT2D eigenvalue weighted by atomic mass is 10.2. The summed E-state index contributed by atoms with van der Waals surface area (Å²) in [7, 11) is 2.82. The van der Waals surface area contributed by atoms with Crippen molar-refractivity contribution in [3.8, 4) is 5.75 Å². The molecule has 15 heavy (non-hydrogen) atoms. The van der Waals surface area contributed by atoms with E-state index >= 15 is 0 Å². The molecular weight excluding hydrogens is 196 g/mol. The van der Waals surface area contributed by atoms with Gasteiger partial charge < -0.3 is 14.2 Å². The Balaban J connectivity index is 2.70. The molecule has 0 aliphatic rings. The number of ether oxygens (including phenoxy) is 3. The van der Waals surface area contributed by atoms with Gasteiger partial charge in [0.05, 0.1) is 14.2 Å². The van der Waals surface area contributed by atoms with E-state index < -0.39 is 6.16 Å². The zero-order valence-corrected chi connectivity index (χ0v) is 8.65. The van der Waals surface area contributed by atoms with Crippen LogP contribution in [0, 0.1) is 0 Å². The summed E-state index contributed by atoms with van der Waals surface area (Å²) in [6.45, 7) is 3.60. The predicted molar refractivity (Wildman–Crippen MR) is 55.5 cm³/mol. The molecule has 0 atom stereocenters. The number of rotatable bonds is 3. The van der Waals surface area contributed by atoms with Crippen molar-refractivity contribution in [3.05, 3.63) is 36.4 Å². The van der Waals surface area contributed by atoms with Gasteiger partial charge in [-0.25, -0.2) is 4.79 Å². The molecule has 80 valence electrons. The molecule has 0 N–H and O–H groups in total. The third kappa shape index (κ3) is 3.02. The normalized spacial score (nSPS) is 9.20. The first-order valence-electron chi connectivity index (χ1n) is 4.26. The van der Waals surface area contributed by atoms with Gasteiger partial charge in [-0.3, -0.25) is 0 Å². The van der Waals surface area contributed by atoms with E-state index in [9.17, 15) is 4.79 Å². The van der Waals surface area contributed by atoms with Crippen LogP contribution < -0.4 is 4.74 Å². The van der Waals surface area contributed by atoms with Crippen molar-refractivity contribution >= 4 is 11.9 Å². The minimum absolute atomic E-state index is 0.240. The van der Waals surface area contributed by atoms with Crippen molar-refractivity contribution < 1.29 is 19.0 Å². The van der Waals surface area contributed by atoms with Gasteiger partial charge in [0, 0.05) is 5.56 Å². The van der Waals surface area contributed by atoms with Crippen molar-refractivity contribution in [2.24, 2.45) is 0 Å². The third-order valence-electron chi connectivity index (χ3n) is 1.79. The number of hydrogen-bond acceptors (Lipinski definition) is 4. The fourth-order valence-corrected chi connectivity index (χ4v) is 0.978. The quantitative estimate of drug-likeness (QED) is 0.565. The average molecular weight is 208 g/mol. The van der Waals surface area contributed by atoms with Crippen LogP contribution in [0.3, 0.4) is 0 Å². The highest BCUT2D eigenvalue weighted by Crippen LogP contribution is 2.18. The topological polar surface area (TPSA) is 44.8 Å². The fourth-order valence-electron chi connectivity index (χ4n) is 0.978. The second kappa shape index (κ2) is 5.05. The zero-order chi connectivity index (χ0) is 11.3. The average Bonchev–Trinajstić information content (AvgIpc) is 2.29. The number of carbonyl (C=O) groups is 1. The second-order valence-electron chi connectivity index (χ2n) is 2.71. The molecule has 4 nitrogen and oxygen atoms in total. The summed E-state index contributed by atoms with van der Waals surface area (Å²) in [5, 5.41) is 0. The second-order valence-corrected chi connectivity index (χ2v) is 2.71. The Morgan fingerprint density at radius 3 is 2.27 bits per heavy atom. The first-order valence-corrected chi connectivity index (χ1v) is 4.26. The van der Waals surface area contributed by atoms with Gasteiger partial charge in [0.15, 0.2) is 0 Å². The van der Waals surface area contributed by atoms with Gasteiger partial charge in [-0.1, -0.05) is 6.58 Å². The molecule has 0 radical (unpaired) electrons. The Kier molecular flexibility index (Phi) is 3.74. The van der Waals surface area contributed by atoms with Gasteiger partial charge >= 0.3 is 6.16 Å². The van der Waals surface area contributed by atoms with Crippen LogP contribution in [0.2, 0.25) is 0 Å². The fraction of sp³-hybridized carbons (Fsp3) is 0.182. The Labute approximate surface area is 88.1 Å². The third-order valence-corrected chi connectivity index (χ3v) is 1.79. The molecular formula is C11H12O4. The molecule has 1 rings (SSSR count). The summed E-state index contributed by atoms with van der Waals surface area (Å²) in [6, 6.07) is 6.98. The van der Waals surface area contributed by atoms with E-state index in [2.05, 4.69) is 11.3 Å². The molecule has 0 unspecified atom stereocenters. The van der Waals surface area contributed by atoms with Crippen LogP contribution in [0.1, 0.15) is 5.56 Å². The number of benzene rings is 1. The molecule has 0 heterocycles.